The molecule has 1 aromatic rings. The van der Waals surface area contributed by atoms with E-state index in [0.717, 1.165) is 32.4 Å². The Morgan fingerprint density at radius 3 is 2.90 bits per heavy atom. The zero-order chi connectivity index (χ0) is 14.7. The number of nitrogens with two attached hydrogens (primary N) is 1. The fraction of sp³-hybridized carbons (Fsp3) is 0.538. The Morgan fingerprint density at radius 2 is 2.25 bits per heavy atom. The van der Waals surface area contributed by atoms with Crippen LogP contribution in [0, 0.1) is 16.0 Å². The van der Waals surface area contributed by atoms with Gasteiger partial charge in [0.15, 0.2) is 0 Å². The molecule has 1 unspecified atom stereocenters. The van der Waals surface area contributed by atoms with Crippen LogP contribution in [0.5, 0.6) is 0 Å². The quantitative estimate of drug-likeness (QED) is 0.669. The highest BCUT2D eigenvalue weighted by atomic mass is 16.6. The minimum absolute atomic E-state index is 0.119. The summed E-state index contributed by atoms with van der Waals surface area (Å²) < 4.78 is 0. The fourth-order valence-electron chi connectivity index (χ4n) is 2.45. The highest BCUT2D eigenvalue weighted by molar-refractivity contribution is 5.98. The van der Waals surface area contributed by atoms with E-state index in [9.17, 15) is 14.9 Å². The van der Waals surface area contributed by atoms with Crippen molar-refractivity contribution in [3.8, 4) is 0 Å². The van der Waals surface area contributed by atoms with Crippen LogP contribution in [0.4, 0.5) is 11.5 Å². The number of carbonyl (C=O) groups is 1. The number of nitro groups is 1. The molecule has 1 fully saturated rings. The maximum atomic E-state index is 11.5. The number of primary amides is 1. The van der Waals surface area contributed by atoms with Crippen LogP contribution in [-0.2, 0) is 0 Å². The number of nitrogens with zero attached hydrogens (tertiary/aromatic N) is 3. The predicted molar refractivity (Wildman–Crippen MR) is 74.6 cm³/mol. The Kier molecular flexibility index (Phi) is 4.16. The van der Waals surface area contributed by atoms with E-state index in [1.54, 1.807) is 0 Å². The minimum Gasteiger partial charge on any atom is -0.365 e. The molecule has 1 saturated heterocycles. The van der Waals surface area contributed by atoms with Gasteiger partial charge in [-0.15, -0.1) is 0 Å². The summed E-state index contributed by atoms with van der Waals surface area (Å²) in [5.41, 5.74) is 5.23. The number of carbonyl (C=O) groups excluding carboxylic acids is 1. The van der Waals surface area contributed by atoms with Gasteiger partial charge >= 0.3 is 0 Å². The minimum atomic E-state index is -0.687. The lowest BCUT2D eigenvalue weighted by molar-refractivity contribution is -0.385. The van der Waals surface area contributed by atoms with Gasteiger partial charge in [-0.2, -0.15) is 0 Å². The van der Waals surface area contributed by atoms with E-state index in [2.05, 4.69) is 11.9 Å². The van der Waals surface area contributed by atoms with Crippen molar-refractivity contribution in [2.75, 3.05) is 18.0 Å². The van der Waals surface area contributed by atoms with Crippen molar-refractivity contribution >= 4 is 17.4 Å². The summed E-state index contributed by atoms with van der Waals surface area (Å²) in [7, 11) is 0. The molecule has 7 heteroatoms. The number of hydrogen-bond acceptors (Lipinski definition) is 5. The van der Waals surface area contributed by atoms with Gasteiger partial charge in [0.2, 0.25) is 0 Å². The van der Waals surface area contributed by atoms with Gasteiger partial charge in [-0.25, -0.2) is 4.98 Å². The molecule has 20 heavy (non-hydrogen) atoms. The Bertz CT molecular complexity index is 532. The van der Waals surface area contributed by atoms with Crippen LogP contribution in [-0.4, -0.2) is 28.9 Å². The lowest BCUT2D eigenvalue weighted by atomic mass is 10.0. The summed E-state index contributed by atoms with van der Waals surface area (Å²) in [5, 5.41) is 10.8. The van der Waals surface area contributed by atoms with Crippen molar-refractivity contribution in [1.82, 2.24) is 4.98 Å². The molecule has 0 radical (unpaired) electrons. The monoisotopic (exact) mass is 278 g/mol. The normalized spacial score (nSPS) is 19.4. The van der Waals surface area contributed by atoms with Gasteiger partial charge in [-0.1, -0.05) is 6.92 Å². The summed E-state index contributed by atoms with van der Waals surface area (Å²) in [6.45, 7) is 3.77. The summed E-state index contributed by atoms with van der Waals surface area (Å²) in [5.74, 6) is 0.403. The first-order valence-electron chi connectivity index (χ1n) is 6.68. The van der Waals surface area contributed by atoms with Gasteiger partial charge in [0.25, 0.3) is 11.6 Å². The molecule has 0 bridgehead atoms. The zero-order valence-corrected chi connectivity index (χ0v) is 11.4. The molecule has 2 N–H and O–H groups in total. The third-order valence-corrected chi connectivity index (χ3v) is 3.64. The second-order valence-electron chi connectivity index (χ2n) is 5.21. The van der Waals surface area contributed by atoms with Crippen molar-refractivity contribution in [3.05, 3.63) is 27.9 Å². The number of hydrogen-bond donors (Lipinski definition) is 1. The third kappa shape index (κ3) is 3.04. The van der Waals surface area contributed by atoms with Crippen LogP contribution in [0.2, 0.25) is 0 Å². The average molecular weight is 278 g/mol. The van der Waals surface area contributed by atoms with E-state index in [-0.39, 0.29) is 11.3 Å². The molecule has 0 spiro atoms. The van der Waals surface area contributed by atoms with Gasteiger partial charge < -0.3 is 10.6 Å². The molecule has 1 aromatic heterocycles. The number of anilines is 1. The van der Waals surface area contributed by atoms with E-state index in [1.165, 1.54) is 12.3 Å². The van der Waals surface area contributed by atoms with Crippen LogP contribution < -0.4 is 10.6 Å². The molecule has 1 aliphatic rings. The standard InChI is InChI=1S/C13H18N4O3/c1-9-3-2-5-16(6-4-9)13-11(12(14)18)7-10(8-15-13)17(19)20/h7-9H,2-6H2,1H3,(H2,14,18). The molecule has 2 heterocycles. The smallest absolute Gasteiger partial charge is 0.288 e. The molecule has 2 rings (SSSR count). The second-order valence-corrected chi connectivity index (χ2v) is 5.21. The van der Waals surface area contributed by atoms with Gasteiger partial charge in [0, 0.05) is 19.2 Å². The number of amides is 1. The molecular formula is C13H18N4O3. The van der Waals surface area contributed by atoms with Gasteiger partial charge in [0.05, 0.1) is 10.5 Å². The lowest BCUT2D eigenvalue weighted by Crippen LogP contribution is -2.28. The van der Waals surface area contributed by atoms with E-state index in [0.29, 0.717) is 11.7 Å². The van der Waals surface area contributed by atoms with Crippen LogP contribution in [0.25, 0.3) is 0 Å². The second kappa shape index (κ2) is 5.85. The molecule has 1 amide bonds. The number of aromatic nitrogens is 1. The Hall–Kier alpha value is -2.18. The first-order chi connectivity index (χ1) is 9.49. The van der Waals surface area contributed by atoms with Gasteiger partial charge in [0.1, 0.15) is 12.0 Å². The van der Waals surface area contributed by atoms with Gasteiger partial charge in [-0.3, -0.25) is 14.9 Å². The van der Waals surface area contributed by atoms with E-state index < -0.39 is 10.8 Å². The van der Waals surface area contributed by atoms with Crippen molar-refractivity contribution in [1.29, 1.82) is 0 Å². The average Bonchev–Trinajstić information content (AvgIpc) is 2.62. The summed E-state index contributed by atoms with van der Waals surface area (Å²) in [4.78, 5) is 27.8. The molecule has 7 nitrogen and oxygen atoms in total. The van der Waals surface area contributed by atoms with Crippen molar-refractivity contribution < 1.29 is 9.72 Å². The largest absolute Gasteiger partial charge is 0.365 e. The zero-order valence-electron chi connectivity index (χ0n) is 11.4. The molecule has 0 aliphatic carbocycles. The summed E-state index contributed by atoms with van der Waals surface area (Å²) in [6.07, 6.45) is 4.33. The van der Waals surface area contributed by atoms with E-state index in [1.807, 2.05) is 4.90 Å². The Morgan fingerprint density at radius 1 is 1.50 bits per heavy atom. The third-order valence-electron chi connectivity index (χ3n) is 3.64. The topological polar surface area (TPSA) is 102 Å². The van der Waals surface area contributed by atoms with Crippen LogP contribution in [0.15, 0.2) is 12.3 Å². The first-order valence-corrected chi connectivity index (χ1v) is 6.68. The fourth-order valence-corrected chi connectivity index (χ4v) is 2.45. The maximum Gasteiger partial charge on any atom is 0.288 e. The molecule has 108 valence electrons. The maximum absolute atomic E-state index is 11.5. The molecular weight excluding hydrogens is 260 g/mol. The first kappa shape index (κ1) is 14.2. The number of rotatable bonds is 3. The molecule has 1 aliphatic heterocycles. The summed E-state index contributed by atoms with van der Waals surface area (Å²) >= 11 is 0. The molecule has 0 aromatic carbocycles. The van der Waals surface area contributed by atoms with E-state index in [4.69, 9.17) is 5.73 Å². The molecule has 0 saturated carbocycles. The SMILES string of the molecule is CC1CCCN(c2ncc([N+](=O)[O-])cc2C(N)=O)CC1. The Balaban J connectivity index is 2.35. The Labute approximate surface area is 116 Å². The van der Waals surface area contributed by atoms with Crippen LogP contribution >= 0.6 is 0 Å². The molecule has 1 atom stereocenters. The summed E-state index contributed by atoms with van der Waals surface area (Å²) in [6, 6.07) is 1.21. The predicted octanol–water partition coefficient (Wildman–Crippen LogP) is 1.72. The van der Waals surface area contributed by atoms with Crippen molar-refractivity contribution in [2.24, 2.45) is 11.7 Å². The highest BCUT2D eigenvalue weighted by Gasteiger charge is 2.22. The lowest BCUT2D eigenvalue weighted by Gasteiger charge is -2.23. The number of pyridine rings is 1. The van der Waals surface area contributed by atoms with Crippen molar-refractivity contribution in [2.45, 2.75) is 26.2 Å². The highest BCUT2D eigenvalue weighted by Crippen LogP contribution is 2.26. The van der Waals surface area contributed by atoms with Gasteiger partial charge in [-0.05, 0) is 25.2 Å². The van der Waals surface area contributed by atoms with E-state index >= 15 is 0 Å². The van der Waals surface area contributed by atoms with Crippen LogP contribution in [0.3, 0.4) is 0 Å². The van der Waals surface area contributed by atoms with Crippen molar-refractivity contribution in [3.63, 3.8) is 0 Å². The van der Waals surface area contributed by atoms with Crippen LogP contribution in [0.1, 0.15) is 36.5 Å².